The number of benzene rings is 1. The number of aromatic nitrogens is 1. The maximum Gasteiger partial charge on any atom is 0.319 e. The lowest BCUT2D eigenvalue weighted by atomic mass is 10.2. The molecule has 0 fully saturated rings. The first-order valence-corrected chi connectivity index (χ1v) is 7.05. The highest BCUT2D eigenvalue weighted by Crippen LogP contribution is 2.34. The van der Waals surface area contributed by atoms with Crippen LogP contribution in [0.15, 0.2) is 17.6 Å². The van der Waals surface area contributed by atoms with Crippen LogP contribution >= 0.6 is 11.3 Å². The Kier molecular flexibility index (Phi) is 5.22. The number of ether oxygens (including phenoxy) is 1. The maximum atomic E-state index is 11.2. The van der Waals surface area contributed by atoms with E-state index in [0.29, 0.717) is 37.4 Å². The molecule has 1 heterocycles. The quantitative estimate of drug-likeness (QED) is 0.439. The molecule has 2 aromatic rings. The number of nitro benzene ring substituents is 1. The SMILES string of the molecule is O=[N+]([O-])c1c(NCCCOCCO)ccc2scnc12. The van der Waals surface area contributed by atoms with Crippen molar-refractivity contribution >= 4 is 32.9 Å². The van der Waals surface area contributed by atoms with Crippen molar-refractivity contribution in [1.29, 1.82) is 0 Å². The number of hydrogen-bond acceptors (Lipinski definition) is 7. The molecule has 0 aliphatic carbocycles. The van der Waals surface area contributed by atoms with Gasteiger partial charge in [0.2, 0.25) is 0 Å². The average molecular weight is 297 g/mol. The molecule has 1 aromatic heterocycles. The number of rotatable bonds is 8. The molecular weight excluding hydrogens is 282 g/mol. The average Bonchev–Trinajstić information content (AvgIpc) is 2.90. The van der Waals surface area contributed by atoms with Crippen molar-refractivity contribution in [2.24, 2.45) is 0 Å². The molecule has 2 rings (SSSR count). The molecule has 108 valence electrons. The summed E-state index contributed by atoms with van der Waals surface area (Å²) in [6.07, 6.45) is 0.701. The fourth-order valence-corrected chi connectivity index (χ4v) is 2.49. The van der Waals surface area contributed by atoms with Gasteiger partial charge >= 0.3 is 5.69 Å². The van der Waals surface area contributed by atoms with Gasteiger partial charge in [-0.25, -0.2) is 4.98 Å². The van der Waals surface area contributed by atoms with Gasteiger partial charge in [0, 0.05) is 13.2 Å². The highest BCUT2D eigenvalue weighted by atomic mass is 32.1. The van der Waals surface area contributed by atoms with Gasteiger partial charge in [0.05, 0.1) is 28.3 Å². The third-order valence-electron chi connectivity index (χ3n) is 2.67. The highest BCUT2D eigenvalue weighted by Gasteiger charge is 2.20. The van der Waals surface area contributed by atoms with Crippen LogP contribution in [0.1, 0.15) is 6.42 Å². The van der Waals surface area contributed by atoms with Gasteiger partial charge in [-0.05, 0) is 18.6 Å². The first-order valence-electron chi connectivity index (χ1n) is 6.17. The van der Waals surface area contributed by atoms with Crippen LogP contribution in [0.4, 0.5) is 11.4 Å². The normalized spacial score (nSPS) is 10.8. The van der Waals surface area contributed by atoms with Crippen molar-refractivity contribution in [2.75, 3.05) is 31.7 Å². The van der Waals surface area contributed by atoms with Crippen molar-refractivity contribution in [3.8, 4) is 0 Å². The molecule has 0 spiro atoms. The minimum absolute atomic E-state index is 0.000602. The summed E-state index contributed by atoms with van der Waals surface area (Å²) in [5.41, 5.74) is 2.50. The van der Waals surface area contributed by atoms with Crippen LogP contribution in [0.3, 0.4) is 0 Å². The van der Waals surface area contributed by atoms with Crippen LogP contribution < -0.4 is 5.32 Å². The number of thiazole rings is 1. The summed E-state index contributed by atoms with van der Waals surface area (Å²) in [5, 5.41) is 22.8. The van der Waals surface area contributed by atoms with E-state index in [1.807, 2.05) is 6.07 Å². The Morgan fingerprint density at radius 1 is 1.45 bits per heavy atom. The summed E-state index contributed by atoms with van der Waals surface area (Å²) < 4.78 is 5.92. The zero-order chi connectivity index (χ0) is 14.4. The minimum atomic E-state index is -0.410. The number of aliphatic hydroxyl groups excluding tert-OH is 1. The first-order chi connectivity index (χ1) is 9.74. The molecule has 0 aliphatic heterocycles. The van der Waals surface area contributed by atoms with E-state index in [2.05, 4.69) is 10.3 Å². The lowest BCUT2D eigenvalue weighted by Gasteiger charge is -2.07. The van der Waals surface area contributed by atoms with E-state index in [1.54, 1.807) is 11.6 Å². The molecule has 0 saturated heterocycles. The first kappa shape index (κ1) is 14.6. The van der Waals surface area contributed by atoms with Crippen molar-refractivity contribution in [2.45, 2.75) is 6.42 Å². The monoisotopic (exact) mass is 297 g/mol. The van der Waals surface area contributed by atoms with Crippen molar-refractivity contribution < 1.29 is 14.8 Å². The molecule has 0 unspecified atom stereocenters. The second-order valence-electron chi connectivity index (χ2n) is 4.03. The molecule has 0 bridgehead atoms. The molecule has 0 atom stereocenters. The zero-order valence-corrected chi connectivity index (χ0v) is 11.6. The topological polar surface area (TPSA) is 97.5 Å². The van der Waals surface area contributed by atoms with Crippen LogP contribution in [0, 0.1) is 10.1 Å². The highest BCUT2D eigenvalue weighted by molar-refractivity contribution is 7.16. The molecule has 0 aliphatic rings. The smallest absolute Gasteiger partial charge is 0.319 e. The Morgan fingerprint density at radius 3 is 3.05 bits per heavy atom. The number of nitro groups is 1. The second kappa shape index (κ2) is 7.13. The predicted molar refractivity (Wildman–Crippen MR) is 77.3 cm³/mol. The summed E-state index contributed by atoms with van der Waals surface area (Å²) in [6, 6.07) is 3.53. The maximum absolute atomic E-state index is 11.2. The van der Waals surface area contributed by atoms with Gasteiger partial charge in [0.25, 0.3) is 0 Å². The van der Waals surface area contributed by atoms with E-state index >= 15 is 0 Å². The van der Waals surface area contributed by atoms with Crippen molar-refractivity contribution in [1.82, 2.24) is 4.98 Å². The fraction of sp³-hybridized carbons (Fsp3) is 0.417. The van der Waals surface area contributed by atoms with Crippen LogP contribution in [0.5, 0.6) is 0 Å². The van der Waals surface area contributed by atoms with Gasteiger partial charge < -0.3 is 15.2 Å². The van der Waals surface area contributed by atoms with Crippen LogP contribution in [-0.2, 0) is 4.74 Å². The zero-order valence-electron chi connectivity index (χ0n) is 10.7. The minimum Gasteiger partial charge on any atom is -0.394 e. The number of nitrogens with zero attached hydrogens (tertiary/aromatic N) is 2. The lowest BCUT2D eigenvalue weighted by Crippen LogP contribution is -2.09. The molecule has 20 heavy (non-hydrogen) atoms. The Bertz CT molecular complexity index is 587. The summed E-state index contributed by atoms with van der Waals surface area (Å²) in [7, 11) is 0. The van der Waals surface area contributed by atoms with Gasteiger partial charge in [0.15, 0.2) is 5.52 Å². The van der Waals surface area contributed by atoms with Gasteiger partial charge in [-0.3, -0.25) is 10.1 Å². The number of fused-ring (bicyclic) bond motifs is 1. The molecule has 1 aromatic carbocycles. The third kappa shape index (κ3) is 3.41. The van der Waals surface area contributed by atoms with Crippen molar-refractivity contribution in [3.05, 3.63) is 27.8 Å². The molecule has 0 amide bonds. The number of anilines is 1. The van der Waals surface area contributed by atoms with Crippen LogP contribution in [0.2, 0.25) is 0 Å². The Labute approximate surface area is 119 Å². The van der Waals surface area contributed by atoms with Gasteiger partial charge in [-0.15, -0.1) is 11.3 Å². The number of aliphatic hydroxyl groups is 1. The van der Waals surface area contributed by atoms with Gasteiger partial charge in [0.1, 0.15) is 5.69 Å². The number of hydrogen-bond donors (Lipinski definition) is 2. The van der Waals surface area contributed by atoms with Crippen molar-refractivity contribution in [3.63, 3.8) is 0 Å². The van der Waals surface area contributed by atoms with Crippen LogP contribution in [0.25, 0.3) is 10.2 Å². The third-order valence-corrected chi connectivity index (χ3v) is 3.47. The molecule has 2 N–H and O–H groups in total. The Morgan fingerprint density at radius 2 is 2.30 bits per heavy atom. The fourth-order valence-electron chi connectivity index (χ4n) is 1.81. The second-order valence-corrected chi connectivity index (χ2v) is 4.92. The van der Waals surface area contributed by atoms with Crippen LogP contribution in [-0.4, -0.2) is 41.4 Å². The molecule has 8 heteroatoms. The van der Waals surface area contributed by atoms with E-state index < -0.39 is 4.92 Å². The van der Waals surface area contributed by atoms with Gasteiger partial charge in [-0.1, -0.05) is 0 Å². The Hall–Kier alpha value is -1.77. The molecule has 7 nitrogen and oxygen atoms in total. The summed E-state index contributed by atoms with van der Waals surface area (Å²) in [5.74, 6) is 0. The van der Waals surface area contributed by atoms with E-state index in [9.17, 15) is 10.1 Å². The summed E-state index contributed by atoms with van der Waals surface area (Å²) >= 11 is 1.38. The summed E-state index contributed by atoms with van der Waals surface area (Å²) in [6.45, 7) is 1.37. The van der Waals surface area contributed by atoms with E-state index in [0.717, 1.165) is 4.70 Å². The summed E-state index contributed by atoms with van der Waals surface area (Å²) in [4.78, 5) is 14.8. The van der Waals surface area contributed by atoms with E-state index in [4.69, 9.17) is 9.84 Å². The van der Waals surface area contributed by atoms with E-state index in [1.165, 1.54) is 11.3 Å². The standard InChI is InChI=1S/C12H15N3O4S/c16-5-7-19-6-1-4-13-9-2-3-10-11(14-8-20-10)12(9)15(17)18/h2-3,8,13,16H,1,4-7H2. The lowest BCUT2D eigenvalue weighted by molar-refractivity contribution is -0.382. The number of nitrogens with one attached hydrogen (secondary N) is 1. The molecule has 0 radical (unpaired) electrons. The van der Waals surface area contributed by atoms with E-state index in [-0.39, 0.29) is 12.3 Å². The molecule has 0 saturated carbocycles. The molecular formula is C12H15N3O4S. The predicted octanol–water partition coefficient (Wildman–Crippen LogP) is 2.02. The largest absolute Gasteiger partial charge is 0.394 e. The van der Waals surface area contributed by atoms with Gasteiger partial charge in [-0.2, -0.15) is 0 Å². The Balaban J connectivity index is 2.02.